The fourth-order valence-electron chi connectivity index (χ4n) is 1.58. The molecule has 0 unspecified atom stereocenters. The van der Waals surface area contributed by atoms with Gasteiger partial charge in [-0.3, -0.25) is 0 Å². The van der Waals surface area contributed by atoms with Crippen LogP contribution in [0.3, 0.4) is 0 Å². The number of allylic oxidation sites excluding steroid dienone is 1. The van der Waals surface area contributed by atoms with E-state index in [0.29, 0.717) is 5.92 Å². The van der Waals surface area contributed by atoms with Crippen LogP contribution < -0.4 is 0 Å². The normalized spacial score (nSPS) is 14.1. The molecule has 1 aromatic rings. The second-order valence-electron chi connectivity index (χ2n) is 3.84. The van der Waals surface area contributed by atoms with Crippen LogP contribution in [0, 0.1) is 5.92 Å². The average molecular weight is 190 g/mol. The Labute approximate surface area is 86.1 Å². The number of aliphatic hydroxyl groups is 1. The van der Waals surface area contributed by atoms with Crippen LogP contribution in [0.25, 0.3) is 0 Å². The van der Waals surface area contributed by atoms with Gasteiger partial charge in [-0.1, -0.05) is 48.9 Å². The molecule has 0 heterocycles. The van der Waals surface area contributed by atoms with E-state index >= 15 is 0 Å². The molecule has 0 aliphatic carbocycles. The largest absolute Gasteiger partial charge is 0.392 e. The van der Waals surface area contributed by atoms with Crippen LogP contribution in [0.15, 0.2) is 42.0 Å². The molecule has 1 rings (SSSR count). The van der Waals surface area contributed by atoms with Crippen molar-refractivity contribution < 1.29 is 5.11 Å². The summed E-state index contributed by atoms with van der Waals surface area (Å²) in [6, 6.07) is 10.4. The van der Waals surface area contributed by atoms with Crippen molar-refractivity contribution in [3.05, 3.63) is 47.5 Å². The van der Waals surface area contributed by atoms with Crippen molar-refractivity contribution in [3.63, 3.8) is 0 Å². The van der Waals surface area contributed by atoms with Gasteiger partial charge in [-0.15, -0.1) is 0 Å². The van der Waals surface area contributed by atoms with Crippen LogP contribution in [0.5, 0.6) is 0 Å². The molecule has 0 aliphatic heterocycles. The van der Waals surface area contributed by atoms with Crippen LogP contribution in [0.4, 0.5) is 0 Å². The highest BCUT2D eigenvalue weighted by molar-refractivity contribution is 5.16. The molecule has 0 fully saturated rings. The molecule has 1 nitrogen and oxygen atoms in total. The minimum Gasteiger partial charge on any atom is -0.392 e. The van der Waals surface area contributed by atoms with E-state index in [1.54, 1.807) is 0 Å². The van der Waals surface area contributed by atoms with E-state index in [4.69, 9.17) is 5.11 Å². The predicted molar refractivity (Wildman–Crippen MR) is 60.2 cm³/mol. The van der Waals surface area contributed by atoms with Crippen LogP contribution >= 0.6 is 0 Å². The molecular weight excluding hydrogens is 172 g/mol. The molecule has 0 radical (unpaired) electrons. The summed E-state index contributed by atoms with van der Waals surface area (Å²) in [5.74, 6) is 0.490. The topological polar surface area (TPSA) is 20.2 Å². The second kappa shape index (κ2) is 5.61. The first-order valence-electron chi connectivity index (χ1n) is 5.04. The quantitative estimate of drug-likeness (QED) is 0.724. The highest BCUT2D eigenvalue weighted by Crippen LogP contribution is 2.10. The van der Waals surface area contributed by atoms with E-state index < -0.39 is 0 Å². The third-order valence-corrected chi connectivity index (χ3v) is 2.22. The van der Waals surface area contributed by atoms with E-state index in [2.05, 4.69) is 37.3 Å². The number of rotatable bonds is 4. The first kappa shape index (κ1) is 11.0. The van der Waals surface area contributed by atoms with Gasteiger partial charge in [0.25, 0.3) is 0 Å². The zero-order chi connectivity index (χ0) is 10.4. The first-order valence-corrected chi connectivity index (χ1v) is 5.04. The van der Waals surface area contributed by atoms with E-state index in [1.165, 1.54) is 5.56 Å². The number of aliphatic hydroxyl groups excluding tert-OH is 1. The van der Waals surface area contributed by atoms with Crippen molar-refractivity contribution in [3.8, 4) is 0 Å². The number of hydrogen-bond acceptors (Lipinski definition) is 1. The molecule has 1 aromatic carbocycles. The fraction of sp³-hybridized carbons (Fsp3) is 0.385. The molecule has 0 aliphatic rings. The van der Waals surface area contributed by atoms with Crippen LogP contribution in [0.2, 0.25) is 0 Å². The number of hydrogen-bond donors (Lipinski definition) is 1. The van der Waals surface area contributed by atoms with Gasteiger partial charge in [0.15, 0.2) is 0 Å². The minimum atomic E-state index is 0.166. The summed E-state index contributed by atoms with van der Waals surface area (Å²) in [6.45, 7) is 4.30. The molecular formula is C13H18O. The van der Waals surface area contributed by atoms with Gasteiger partial charge >= 0.3 is 0 Å². The molecule has 1 heteroatoms. The van der Waals surface area contributed by atoms with Crippen LogP contribution in [0.1, 0.15) is 19.4 Å². The fourth-order valence-corrected chi connectivity index (χ4v) is 1.58. The molecule has 0 saturated carbocycles. The summed E-state index contributed by atoms with van der Waals surface area (Å²) in [4.78, 5) is 0. The van der Waals surface area contributed by atoms with E-state index in [0.717, 1.165) is 12.0 Å². The van der Waals surface area contributed by atoms with Gasteiger partial charge in [-0.25, -0.2) is 0 Å². The molecule has 1 N–H and O–H groups in total. The van der Waals surface area contributed by atoms with Gasteiger partial charge in [-0.2, -0.15) is 0 Å². The van der Waals surface area contributed by atoms with Gasteiger partial charge in [0.2, 0.25) is 0 Å². The third kappa shape index (κ3) is 3.75. The van der Waals surface area contributed by atoms with Crippen LogP contribution in [-0.4, -0.2) is 11.7 Å². The minimum absolute atomic E-state index is 0.166. The Morgan fingerprint density at radius 1 is 1.36 bits per heavy atom. The van der Waals surface area contributed by atoms with Crippen molar-refractivity contribution in [2.45, 2.75) is 20.3 Å². The zero-order valence-corrected chi connectivity index (χ0v) is 8.90. The smallest absolute Gasteiger partial charge is 0.0639 e. The van der Waals surface area contributed by atoms with Crippen LogP contribution in [-0.2, 0) is 6.42 Å². The lowest BCUT2D eigenvalue weighted by molar-refractivity contribution is 0.330. The summed E-state index contributed by atoms with van der Waals surface area (Å²) in [5, 5.41) is 8.88. The molecule has 1 atom stereocenters. The highest BCUT2D eigenvalue weighted by Gasteiger charge is 2.00. The third-order valence-electron chi connectivity index (χ3n) is 2.22. The monoisotopic (exact) mass is 190 g/mol. The summed E-state index contributed by atoms with van der Waals surface area (Å²) in [5.41, 5.74) is 2.40. The zero-order valence-electron chi connectivity index (χ0n) is 8.90. The summed E-state index contributed by atoms with van der Waals surface area (Å²) in [6.07, 6.45) is 3.17. The lowest BCUT2D eigenvalue weighted by Gasteiger charge is -2.07. The maximum atomic E-state index is 8.88. The second-order valence-corrected chi connectivity index (χ2v) is 3.84. The Morgan fingerprint density at radius 2 is 2.00 bits per heavy atom. The number of benzene rings is 1. The summed E-state index contributed by atoms with van der Waals surface area (Å²) < 4.78 is 0. The van der Waals surface area contributed by atoms with Crippen molar-refractivity contribution in [1.29, 1.82) is 0 Å². The van der Waals surface area contributed by atoms with E-state index in [-0.39, 0.29) is 6.61 Å². The van der Waals surface area contributed by atoms with Crippen molar-refractivity contribution in [1.82, 2.24) is 0 Å². The maximum Gasteiger partial charge on any atom is 0.0639 e. The molecule has 0 spiro atoms. The van der Waals surface area contributed by atoms with Gasteiger partial charge in [-0.05, 0) is 24.8 Å². The lowest BCUT2D eigenvalue weighted by Crippen LogP contribution is -1.98. The van der Waals surface area contributed by atoms with Crippen molar-refractivity contribution in [2.75, 3.05) is 6.61 Å². The average Bonchev–Trinajstić information content (AvgIpc) is 2.19. The van der Waals surface area contributed by atoms with Gasteiger partial charge in [0, 0.05) is 0 Å². The molecule has 0 aromatic heterocycles. The lowest BCUT2D eigenvalue weighted by atomic mass is 9.99. The molecule has 14 heavy (non-hydrogen) atoms. The molecule has 0 saturated heterocycles. The van der Waals surface area contributed by atoms with Crippen molar-refractivity contribution in [2.24, 2.45) is 5.92 Å². The Bertz CT molecular complexity index is 287. The maximum absolute atomic E-state index is 8.88. The Balaban J connectivity index is 2.53. The highest BCUT2D eigenvalue weighted by atomic mass is 16.3. The van der Waals surface area contributed by atoms with Gasteiger partial charge < -0.3 is 5.11 Å². The van der Waals surface area contributed by atoms with E-state index in [9.17, 15) is 0 Å². The Morgan fingerprint density at radius 3 is 2.57 bits per heavy atom. The Hall–Kier alpha value is -1.08. The Kier molecular flexibility index (Phi) is 4.41. The SMILES string of the molecule is C/C(=C/[C@H](C)Cc1ccccc1)CO. The molecule has 0 amide bonds. The van der Waals surface area contributed by atoms with E-state index in [1.807, 2.05) is 13.0 Å². The molecule has 76 valence electrons. The summed E-state index contributed by atoms with van der Waals surface area (Å²) in [7, 11) is 0. The first-order chi connectivity index (χ1) is 6.72. The standard InChI is InChI=1S/C13H18O/c1-11(8-12(2)10-14)9-13-6-4-3-5-7-13/h3-8,11,14H,9-10H2,1-2H3/b12-8-/t11-/m0/s1. The van der Waals surface area contributed by atoms with Crippen molar-refractivity contribution >= 4 is 0 Å². The predicted octanol–water partition coefficient (Wildman–Crippen LogP) is 2.80. The van der Waals surface area contributed by atoms with Gasteiger partial charge in [0.05, 0.1) is 6.61 Å². The summed E-state index contributed by atoms with van der Waals surface area (Å²) >= 11 is 0. The molecule has 0 bridgehead atoms. The van der Waals surface area contributed by atoms with Gasteiger partial charge in [0.1, 0.15) is 0 Å².